The molecule has 2 fully saturated rings. The summed E-state index contributed by atoms with van der Waals surface area (Å²) in [6.45, 7) is 0.782. The number of methoxy groups -OCH3 is 1. The normalized spacial score (nSPS) is 23.7. The Morgan fingerprint density at radius 1 is 1.43 bits per heavy atom. The van der Waals surface area contributed by atoms with Gasteiger partial charge < -0.3 is 14.2 Å². The Kier molecular flexibility index (Phi) is 4.67. The van der Waals surface area contributed by atoms with E-state index in [1.54, 1.807) is 7.11 Å². The molecule has 0 N–H and O–H groups in total. The molecule has 0 bridgehead atoms. The summed E-state index contributed by atoms with van der Waals surface area (Å²) < 4.78 is 17.7. The van der Waals surface area contributed by atoms with E-state index in [-0.39, 0.29) is 11.7 Å². The van der Waals surface area contributed by atoms with E-state index in [2.05, 4.69) is 15.9 Å². The molecule has 116 valence electrons. The van der Waals surface area contributed by atoms with Crippen molar-refractivity contribution in [3.8, 4) is 11.5 Å². The van der Waals surface area contributed by atoms with Gasteiger partial charge in [0.2, 0.25) is 0 Å². The van der Waals surface area contributed by atoms with Gasteiger partial charge in [0.15, 0.2) is 11.5 Å². The van der Waals surface area contributed by atoms with Crippen molar-refractivity contribution in [2.24, 2.45) is 0 Å². The standard InChI is InChI=1S/C16H20BrClO3/c1-19-14-8-12(18)7-11(10-17)15(14)21-13-3-6-20-16(9-13)4-2-5-16/h7-8,13H,2-6,9-10H2,1H3. The molecule has 1 aromatic carbocycles. The zero-order valence-electron chi connectivity index (χ0n) is 12.2. The second kappa shape index (κ2) is 6.35. The molecular weight excluding hydrogens is 356 g/mol. The SMILES string of the molecule is COc1cc(Cl)cc(CBr)c1OC1CCOC2(CCC2)C1. The van der Waals surface area contributed by atoms with Crippen LogP contribution in [0.3, 0.4) is 0 Å². The fourth-order valence-corrected chi connectivity index (χ4v) is 3.82. The van der Waals surface area contributed by atoms with Crippen molar-refractivity contribution in [1.82, 2.24) is 0 Å². The Hall–Kier alpha value is -0.450. The third-order valence-electron chi connectivity index (χ3n) is 4.46. The molecule has 21 heavy (non-hydrogen) atoms. The quantitative estimate of drug-likeness (QED) is 0.712. The Bertz CT molecular complexity index is 491. The zero-order chi connectivity index (χ0) is 14.9. The van der Waals surface area contributed by atoms with Crippen LogP contribution in [-0.4, -0.2) is 25.4 Å². The van der Waals surface area contributed by atoms with Crippen molar-refractivity contribution in [2.45, 2.75) is 49.1 Å². The summed E-state index contributed by atoms with van der Waals surface area (Å²) >= 11 is 9.62. The molecule has 1 spiro atoms. The lowest BCUT2D eigenvalue weighted by atomic mass is 9.74. The Morgan fingerprint density at radius 2 is 2.24 bits per heavy atom. The van der Waals surface area contributed by atoms with Gasteiger partial charge in [-0.3, -0.25) is 0 Å². The Morgan fingerprint density at radius 3 is 2.86 bits per heavy atom. The molecule has 1 aliphatic carbocycles. The Labute approximate surface area is 139 Å². The highest BCUT2D eigenvalue weighted by atomic mass is 79.9. The van der Waals surface area contributed by atoms with Crippen LogP contribution in [0, 0.1) is 0 Å². The van der Waals surface area contributed by atoms with E-state index in [4.69, 9.17) is 25.8 Å². The number of hydrogen-bond donors (Lipinski definition) is 0. The minimum absolute atomic E-state index is 0.0805. The highest BCUT2D eigenvalue weighted by molar-refractivity contribution is 9.08. The van der Waals surface area contributed by atoms with Crippen LogP contribution >= 0.6 is 27.5 Å². The molecule has 2 aliphatic rings. The second-order valence-corrected chi connectivity index (χ2v) is 6.84. The molecule has 1 saturated carbocycles. The van der Waals surface area contributed by atoms with Gasteiger partial charge in [0, 0.05) is 34.8 Å². The van der Waals surface area contributed by atoms with Gasteiger partial charge in [-0.25, -0.2) is 0 Å². The van der Waals surface area contributed by atoms with Gasteiger partial charge >= 0.3 is 0 Å². The average Bonchev–Trinajstić information content (AvgIpc) is 2.47. The first-order valence-electron chi connectivity index (χ1n) is 7.39. The van der Waals surface area contributed by atoms with Crippen LogP contribution in [0.2, 0.25) is 5.02 Å². The van der Waals surface area contributed by atoms with Crippen LogP contribution < -0.4 is 9.47 Å². The van der Waals surface area contributed by atoms with Gasteiger partial charge in [-0.05, 0) is 25.3 Å². The summed E-state index contributed by atoms with van der Waals surface area (Å²) in [6.07, 6.45) is 5.68. The largest absolute Gasteiger partial charge is 0.493 e. The Balaban J connectivity index is 1.80. The van der Waals surface area contributed by atoms with Crippen molar-refractivity contribution in [3.63, 3.8) is 0 Å². The maximum absolute atomic E-state index is 6.29. The predicted molar refractivity (Wildman–Crippen MR) is 86.8 cm³/mol. The fourth-order valence-electron chi connectivity index (χ4n) is 3.18. The molecule has 0 aromatic heterocycles. The number of benzene rings is 1. The van der Waals surface area contributed by atoms with Crippen molar-refractivity contribution >= 4 is 27.5 Å². The molecule has 1 aliphatic heterocycles. The summed E-state index contributed by atoms with van der Waals surface area (Å²) in [5.74, 6) is 1.51. The molecule has 3 rings (SSSR count). The van der Waals surface area contributed by atoms with Gasteiger partial charge in [-0.2, -0.15) is 0 Å². The van der Waals surface area contributed by atoms with Gasteiger partial charge in [-0.15, -0.1) is 0 Å². The van der Waals surface area contributed by atoms with Gasteiger partial charge in [0.1, 0.15) is 6.10 Å². The minimum Gasteiger partial charge on any atom is -0.493 e. The first kappa shape index (κ1) is 15.4. The summed E-state index contributed by atoms with van der Waals surface area (Å²) in [5.41, 5.74) is 1.10. The molecule has 0 radical (unpaired) electrons. The summed E-state index contributed by atoms with van der Waals surface area (Å²) in [4.78, 5) is 0. The van der Waals surface area contributed by atoms with Crippen molar-refractivity contribution in [2.75, 3.05) is 13.7 Å². The molecule has 3 nitrogen and oxygen atoms in total. The maximum Gasteiger partial charge on any atom is 0.165 e. The molecule has 1 unspecified atom stereocenters. The van der Waals surface area contributed by atoms with E-state index in [0.29, 0.717) is 16.1 Å². The third-order valence-corrected chi connectivity index (χ3v) is 5.28. The topological polar surface area (TPSA) is 27.7 Å². The monoisotopic (exact) mass is 374 g/mol. The van der Waals surface area contributed by atoms with Crippen LogP contribution in [0.25, 0.3) is 0 Å². The van der Waals surface area contributed by atoms with Gasteiger partial charge in [-0.1, -0.05) is 27.5 Å². The smallest absolute Gasteiger partial charge is 0.165 e. The summed E-state index contributed by atoms with van der Waals surface area (Å²) in [5, 5.41) is 1.35. The van der Waals surface area contributed by atoms with Crippen LogP contribution in [0.5, 0.6) is 11.5 Å². The lowest BCUT2D eigenvalue weighted by Crippen LogP contribution is -2.48. The molecule has 1 atom stereocenters. The lowest BCUT2D eigenvalue weighted by Gasteiger charge is -2.47. The van der Waals surface area contributed by atoms with Crippen LogP contribution in [0.4, 0.5) is 0 Å². The van der Waals surface area contributed by atoms with Gasteiger partial charge in [0.05, 0.1) is 19.3 Å². The van der Waals surface area contributed by atoms with Crippen LogP contribution in [0.1, 0.15) is 37.7 Å². The van der Waals surface area contributed by atoms with Crippen LogP contribution in [0.15, 0.2) is 12.1 Å². The number of alkyl halides is 1. The van der Waals surface area contributed by atoms with Crippen LogP contribution in [-0.2, 0) is 10.1 Å². The van der Waals surface area contributed by atoms with Gasteiger partial charge in [0.25, 0.3) is 0 Å². The molecule has 1 saturated heterocycles. The number of halogens is 2. The summed E-state index contributed by atoms with van der Waals surface area (Å²) in [6, 6.07) is 3.73. The highest BCUT2D eigenvalue weighted by Crippen LogP contribution is 2.44. The van der Waals surface area contributed by atoms with E-state index in [9.17, 15) is 0 Å². The summed E-state index contributed by atoms with van der Waals surface area (Å²) in [7, 11) is 1.65. The van der Waals surface area contributed by atoms with Crippen molar-refractivity contribution in [3.05, 3.63) is 22.7 Å². The third kappa shape index (κ3) is 3.17. The first-order chi connectivity index (χ1) is 10.2. The van der Waals surface area contributed by atoms with Crippen molar-refractivity contribution in [1.29, 1.82) is 0 Å². The molecule has 0 amide bonds. The minimum atomic E-state index is 0.0805. The number of hydrogen-bond acceptors (Lipinski definition) is 3. The predicted octanol–water partition coefficient (Wildman–Crippen LogP) is 4.72. The van der Waals surface area contributed by atoms with E-state index in [0.717, 1.165) is 43.6 Å². The van der Waals surface area contributed by atoms with E-state index < -0.39 is 0 Å². The highest BCUT2D eigenvalue weighted by Gasteiger charge is 2.43. The molecular formula is C16H20BrClO3. The lowest BCUT2D eigenvalue weighted by molar-refractivity contribution is -0.153. The maximum atomic E-state index is 6.29. The average molecular weight is 376 g/mol. The molecule has 1 heterocycles. The number of rotatable bonds is 4. The van der Waals surface area contributed by atoms with Crippen molar-refractivity contribution < 1.29 is 14.2 Å². The first-order valence-corrected chi connectivity index (χ1v) is 8.89. The second-order valence-electron chi connectivity index (χ2n) is 5.85. The fraction of sp³-hybridized carbons (Fsp3) is 0.625. The van der Waals surface area contributed by atoms with E-state index in [1.807, 2.05) is 12.1 Å². The van der Waals surface area contributed by atoms with E-state index >= 15 is 0 Å². The zero-order valence-corrected chi connectivity index (χ0v) is 14.5. The molecule has 5 heteroatoms. The number of ether oxygens (including phenoxy) is 3. The molecule has 1 aromatic rings. The van der Waals surface area contributed by atoms with E-state index in [1.165, 1.54) is 6.42 Å².